The Balaban J connectivity index is 2.69. The van der Waals surface area contributed by atoms with Gasteiger partial charge in [-0.1, -0.05) is 0 Å². The highest BCUT2D eigenvalue weighted by Crippen LogP contribution is 2.14. The van der Waals surface area contributed by atoms with Gasteiger partial charge in [0.15, 0.2) is 0 Å². The second-order valence-corrected chi connectivity index (χ2v) is 2.69. The maximum absolute atomic E-state index is 12.7. The van der Waals surface area contributed by atoms with Gasteiger partial charge in [-0.2, -0.15) is 0 Å². The Bertz CT molecular complexity index is 330. The van der Waals surface area contributed by atoms with Gasteiger partial charge in [-0.05, 0) is 12.1 Å². The largest absolute Gasteiger partial charge is 0.469 e. The van der Waals surface area contributed by atoms with Gasteiger partial charge in [0.05, 0.1) is 19.2 Å². The van der Waals surface area contributed by atoms with Gasteiger partial charge in [-0.15, -0.1) is 0 Å². The number of hydrogen-bond donors (Lipinski definition) is 1. The highest BCUT2D eigenvalue weighted by molar-refractivity contribution is 5.69. The number of aliphatic hydroxyl groups is 1. The molecule has 1 aromatic rings. The van der Waals surface area contributed by atoms with Crippen LogP contribution in [0, 0.1) is 5.82 Å². The lowest BCUT2D eigenvalue weighted by molar-refractivity contribution is -0.142. The smallest absolute Gasteiger partial charge is 0.308 e. The molecule has 0 bridgehead atoms. The van der Waals surface area contributed by atoms with Crippen LogP contribution >= 0.6 is 0 Å². The second-order valence-electron chi connectivity index (χ2n) is 2.69. The zero-order valence-electron chi connectivity index (χ0n) is 7.61. The van der Waals surface area contributed by atoms with E-state index in [0.29, 0.717) is 0 Å². The molecule has 0 aliphatic carbocycles. The number of esters is 1. The number of rotatable bonds is 3. The molecule has 4 nitrogen and oxygen atoms in total. The zero-order valence-corrected chi connectivity index (χ0v) is 7.61. The minimum Gasteiger partial charge on any atom is -0.469 e. The van der Waals surface area contributed by atoms with Crippen molar-refractivity contribution in [3.05, 3.63) is 29.8 Å². The molecule has 76 valence electrons. The normalized spacial score (nSPS) is 12.2. The number of nitrogens with zero attached hydrogens (tertiary/aromatic N) is 1. The highest BCUT2D eigenvalue weighted by Gasteiger charge is 2.14. The van der Waals surface area contributed by atoms with Crippen molar-refractivity contribution >= 4 is 5.97 Å². The number of halogens is 1. The number of ether oxygens (including phenoxy) is 1. The third-order valence-electron chi connectivity index (χ3n) is 1.67. The number of methoxy groups -OCH3 is 1. The average molecular weight is 199 g/mol. The van der Waals surface area contributed by atoms with Crippen LogP contribution in [-0.2, 0) is 9.53 Å². The molecule has 1 rings (SSSR count). The summed E-state index contributed by atoms with van der Waals surface area (Å²) in [6, 6.07) is 2.24. The van der Waals surface area contributed by atoms with Crippen LogP contribution in [-0.4, -0.2) is 23.2 Å². The van der Waals surface area contributed by atoms with Crippen molar-refractivity contribution in [1.82, 2.24) is 4.98 Å². The number of pyridine rings is 1. The standard InChI is InChI=1S/C9H10FNO3/c1-14-9(13)5-8(12)7-4-6(10)2-3-11-7/h2-4,8,12H,5H2,1H3. The Morgan fingerprint density at radius 1 is 1.79 bits per heavy atom. The lowest BCUT2D eigenvalue weighted by atomic mass is 10.1. The Morgan fingerprint density at radius 2 is 2.50 bits per heavy atom. The Hall–Kier alpha value is -1.49. The van der Waals surface area contributed by atoms with E-state index in [2.05, 4.69) is 9.72 Å². The molecule has 1 atom stereocenters. The quantitative estimate of drug-likeness (QED) is 0.732. The fourth-order valence-corrected chi connectivity index (χ4v) is 0.949. The molecule has 0 fully saturated rings. The lowest BCUT2D eigenvalue weighted by Crippen LogP contribution is -2.09. The van der Waals surface area contributed by atoms with E-state index in [1.165, 1.54) is 13.3 Å². The molecule has 1 heterocycles. The Kier molecular flexibility index (Phi) is 3.53. The summed E-state index contributed by atoms with van der Waals surface area (Å²) in [6.07, 6.45) is -0.129. The Morgan fingerprint density at radius 3 is 3.07 bits per heavy atom. The average Bonchev–Trinajstić information content (AvgIpc) is 2.17. The van der Waals surface area contributed by atoms with Gasteiger partial charge in [0, 0.05) is 6.20 Å². The summed E-state index contributed by atoms with van der Waals surface area (Å²) in [5, 5.41) is 9.42. The van der Waals surface area contributed by atoms with Gasteiger partial charge in [0.2, 0.25) is 0 Å². The maximum atomic E-state index is 12.7. The van der Waals surface area contributed by atoms with Crippen molar-refractivity contribution < 1.29 is 19.0 Å². The molecule has 0 aliphatic heterocycles. The lowest BCUT2D eigenvalue weighted by Gasteiger charge is -2.07. The number of hydrogen-bond acceptors (Lipinski definition) is 4. The molecule has 1 N–H and O–H groups in total. The third kappa shape index (κ3) is 2.77. The van der Waals surface area contributed by atoms with E-state index in [0.717, 1.165) is 12.1 Å². The minimum atomic E-state index is -1.13. The van der Waals surface area contributed by atoms with Crippen LogP contribution in [0.1, 0.15) is 18.2 Å². The highest BCUT2D eigenvalue weighted by atomic mass is 19.1. The first kappa shape index (κ1) is 10.6. The molecule has 0 aliphatic rings. The summed E-state index contributed by atoms with van der Waals surface area (Å²) < 4.78 is 17.0. The van der Waals surface area contributed by atoms with Crippen LogP contribution in [0.15, 0.2) is 18.3 Å². The van der Waals surface area contributed by atoms with Gasteiger partial charge >= 0.3 is 5.97 Å². The summed E-state index contributed by atoms with van der Waals surface area (Å²) in [7, 11) is 1.22. The van der Waals surface area contributed by atoms with Crippen LogP contribution < -0.4 is 0 Å². The van der Waals surface area contributed by atoms with E-state index in [4.69, 9.17) is 0 Å². The van der Waals surface area contributed by atoms with Crippen molar-refractivity contribution in [2.75, 3.05) is 7.11 Å². The van der Waals surface area contributed by atoms with Crippen molar-refractivity contribution in [1.29, 1.82) is 0 Å². The van der Waals surface area contributed by atoms with E-state index < -0.39 is 17.9 Å². The van der Waals surface area contributed by atoms with Gasteiger partial charge in [0.25, 0.3) is 0 Å². The molecule has 0 aromatic carbocycles. The molecule has 14 heavy (non-hydrogen) atoms. The predicted molar refractivity (Wildman–Crippen MR) is 45.8 cm³/mol. The first-order valence-electron chi connectivity index (χ1n) is 4.00. The van der Waals surface area contributed by atoms with Crippen LogP contribution in [0.5, 0.6) is 0 Å². The molecule has 0 saturated heterocycles. The summed E-state index contributed by atoms with van der Waals surface area (Å²) >= 11 is 0. The van der Waals surface area contributed by atoms with Crippen molar-refractivity contribution in [2.24, 2.45) is 0 Å². The van der Waals surface area contributed by atoms with Crippen LogP contribution in [0.25, 0.3) is 0 Å². The van der Waals surface area contributed by atoms with E-state index in [1.807, 2.05) is 0 Å². The number of aromatic nitrogens is 1. The van der Waals surface area contributed by atoms with E-state index >= 15 is 0 Å². The van der Waals surface area contributed by atoms with Crippen LogP contribution in [0.4, 0.5) is 4.39 Å². The fourth-order valence-electron chi connectivity index (χ4n) is 0.949. The second kappa shape index (κ2) is 4.66. The fraction of sp³-hybridized carbons (Fsp3) is 0.333. The molecule has 1 aromatic heterocycles. The number of carbonyl (C=O) groups is 1. The third-order valence-corrected chi connectivity index (χ3v) is 1.67. The van der Waals surface area contributed by atoms with Gasteiger partial charge in [-0.3, -0.25) is 9.78 Å². The van der Waals surface area contributed by atoms with Crippen LogP contribution in [0.3, 0.4) is 0 Å². The molecule has 0 radical (unpaired) electrons. The Labute approximate surface area is 80.3 Å². The van der Waals surface area contributed by atoms with Crippen molar-refractivity contribution in [3.63, 3.8) is 0 Å². The van der Waals surface area contributed by atoms with Crippen molar-refractivity contribution in [2.45, 2.75) is 12.5 Å². The van der Waals surface area contributed by atoms with E-state index in [-0.39, 0.29) is 12.1 Å². The summed E-state index contributed by atoms with van der Waals surface area (Å²) in [5.74, 6) is -1.07. The molecular weight excluding hydrogens is 189 g/mol. The molecular formula is C9H10FNO3. The van der Waals surface area contributed by atoms with Gasteiger partial charge in [0.1, 0.15) is 11.9 Å². The molecule has 0 saturated carbocycles. The zero-order chi connectivity index (χ0) is 10.6. The molecule has 5 heteroatoms. The molecule has 0 amide bonds. The van der Waals surface area contributed by atoms with Gasteiger partial charge < -0.3 is 9.84 Å². The first-order valence-corrected chi connectivity index (χ1v) is 4.00. The predicted octanol–water partition coefficient (Wildman–Crippen LogP) is 0.817. The molecule has 0 spiro atoms. The molecule has 1 unspecified atom stereocenters. The number of aliphatic hydroxyl groups excluding tert-OH is 1. The van der Waals surface area contributed by atoms with Crippen LogP contribution in [0.2, 0.25) is 0 Å². The summed E-state index contributed by atoms with van der Waals surface area (Å²) in [4.78, 5) is 14.5. The summed E-state index contributed by atoms with van der Waals surface area (Å²) in [6.45, 7) is 0. The van der Waals surface area contributed by atoms with Crippen molar-refractivity contribution in [3.8, 4) is 0 Å². The van der Waals surface area contributed by atoms with E-state index in [9.17, 15) is 14.3 Å². The summed E-state index contributed by atoms with van der Waals surface area (Å²) in [5.41, 5.74) is 0.121. The monoisotopic (exact) mass is 199 g/mol. The van der Waals surface area contributed by atoms with Gasteiger partial charge in [-0.25, -0.2) is 4.39 Å². The SMILES string of the molecule is COC(=O)CC(O)c1cc(F)ccn1. The van der Waals surface area contributed by atoms with E-state index in [1.54, 1.807) is 0 Å². The topological polar surface area (TPSA) is 59.4 Å². The minimum absolute atomic E-state index is 0.121. The first-order chi connectivity index (χ1) is 6.63. The maximum Gasteiger partial charge on any atom is 0.308 e. The number of carbonyl (C=O) groups excluding carboxylic acids is 1.